The van der Waals surface area contributed by atoms with Gasteiger partial charge in [-0.1, -0.05) is 0 Å². The number of carbonyl (C=O) groups excluding carboxylic acids is 1. The van der Waals surface area contributed by atoms with Crippen LogP contribution in [0.2, 0.25) is 0 Å². The molecule has 7 heteroatoms. The summed E-state index contributed by atoms with van der Waals surface area (Å²) in [5, 5.41) is 17.2. The van der Waals surface area contributed by atoms with E-state index in [1.54, 1.807) is 25.2 Å². The number of nitrogens with one attached hydrogen (secondary N) is 3. The van der Waals surface area contributed by atoms with Crippen molar-refractivity contribution in [2.45, 2.75) is 37.8 Å². The molecule has 2 amide bonds. The van der Waals surface area contributed by atoms with Gasteiger partial charge in [-0.15, -0.1) is 0 Å². The van der Waals surface area contributed by atoms with E-state index < -0.39 is 6.09 Å². The number of hydrogen-bond acceptors (Lipinski definition) is 4. The normalized spacial score (nSPS) is 21.0. The van der Waals surface area contributed by atoms with Crippen LogP contribution in [0, 0.1) is 0 Å². The number of hydrogen-bond donors (Lipinski definition) is 5. The molecule has 1 aliphatic carbocycles. The lowest BCUT2D eigenvalue weighted by Gasteiger charge is -2.30. The van der Waals surface area contributed by atoms with Crippen LogP contribution in [0.3, 0.4) is 0 Å². The monoisotopic (exact) mass is 306 g/mol. The molecule has 0 radical (unpaired) electrons. The van der Waals surface area contributed by atoms with Gasteiger partial charge in [0.15, 0.2) is 0 Å². The van der Waals surface area contributed by atoms with Crippen LogP contribution in [0.15, 0.2) is 18.2 Å². The summed E-state index contributed by atoms with van der Waals surface area (Å²) < 4.78 is 0. The Labute approximate surface area is 129 Å². The first-order chi connectivity index (χ1) is 10.5. The van der Waals surface area contributed by atoms with Gasteiger partial charge in [0.1, 0.15) is 0 Å². The Morgan fingerprint density at radius 2 is 2.00 bits per heavy atom. The van der Waals surface area contributed by atoms with Gasteiger partial charge in [0.05, 0.1) is 11.4 Å². The Hall–Kier alpha value is -2.44. The highest BCUT2D eigenvalue weighted by Gasteiger charge is 2.23. The van der Waals surface area contributed by atoms with Gasteiger partial charge >= 0.3 is 6.09 Å². The van der Waals surface area contributed by atoms with Crippen molar-refractivity contribution in [1.29, 1.82) is 0 Å². The molecule has 2 atom stereocenters. The molecule has 0 heterocycles. The number of rotatable bonds is 4. The van der Waals surface area contributed by atoms with Crippen LogP contribution in [-0.4, -0.2) is 36.2 Å². The molecule has 1 aromatic rings. The third-order valence-corrected chi connectivity index (χ3v) is 3.90. The van der Waals surface area contributed by atoms with Crippen molar-refractivity contribution in [3.05, 3.63) is 23.8 Å². The fourth-order valence-electron chi connectivity index (χ4n) is 2.83. The van der Waals surface area contributed by atoms with Crippen LogP contribution in [0.5, 0.6) is 0 Å². The lowest BCUT2D eigenvalue weighted by atomic mass is 9.91. The molecule has 0 spiro atoms. The predicted octanol–water partition coefficient (Wildman–Crippen LogP) is 1.62. The van der Waals surface area contributed by atoms with Crippen molar-refractivity contribution in [3.63, 3.8) is 0 Å². The van der Waals surface area contributed by atoms with E-state index in [0.717, 1.165) is 31.4 Å². The summed E-state index contributed by atoms with van der Waals surface area (Å²) in [7, 11) is 1.57. The number of amides is 2. The Morgan fingerprint density at radius 3 is 2.64 bits per heavy atom. The molecule has 0 aliphatic heterocycles. The molecule has 7 nitrogen and oxygen atoms in total. The van der Waals surface area contributed by atoms with E-state index in [4.69, 9.17) is 10.8 Å². The van der Waals surface area contributed by atoms with E-state index in [1.807, 2.05) is 0 Å². The SMILES string of the molecule is CNC(=O)c1ccc(N[C@@H]2CCC[C@H](NC(=O)O)C2)c(N)c1. The molecule has 2 rings (SSSR count). The lowest BCUT2D eigenvalue weighted by molar-refractivity contribution is 0.0963. The van der Waals surface area contributed by atoms with Crippen molar-refractivity contribution in [2.75, 3.05) is 18.1 Å². The van der Waals surface area contributed by atoms with Gasteiger partial charge in [-0.25, -0.2) is 4.79 Å². The summed E-state index contributed by atoms with van der Waals surface area (Å²) in [6, 6.07) is 5.27. The molecule has 0 bridgehead atoms. The largest absolute Gasteiger partial charge is 0.465 e. The number of anilines is 2. The highest BCUT2D eigenvalue weighted by Crippen LogP contribution is 2.26. The topological polar surface area (TPSA) is 116 Å². The van der Waals surface area contributed by atoms with Crippen LogP contribution < -0.4 is 21.7 Å². The number of nitrogen functional groups attached to an aromatic ring is 1. The minimum atomic E-state index is -0.986. The predicted molar refractivity (Wildman–Crippen MR) is 85.1 cm³/mol. The van der Waals surface area contributed by atoms with Crippen LogP contribution in [0.1, 0.15) is 36.0 Å². The van der Waals surface area contributed by atoms with Crippen LogP contribution in [0.25, 0.3) is 0 Å². The minimum absolute atomic E-state index is 0.0323. The molecule has 1 aromatic carbocycles. The molecular weight excluding hydrogens is 284 g/mol. The Bertz CT molecular complexity index is 562. The molecule has 6 N–H and O–H groups in total. The fraction of sp³-hybridized carbons (Fsp3) is 0.467. The molecule has 0 aromatic heterocycles. The van der Waals surface area contributed by atoms with Gasteiger partial charge in [0, 0.05) is 24.7 Å². The molecular formula is C15H22N4O3. The van der Waals surface area contributed by atoms with Crippen LogP contribution in [-0.2, 0) is 0 Å². The number of carbonyl (C=O) groups is 2. The lowest BCUT2D eigenvalue weighted by Crippen LogP contribution is -2.41. The average molecular weight is 306 g/mol. The molecule has 1 aliphatic rings. The van der Waals surface area contributed by atoms with Crippen LogP contribution >= 0.6 is 0 Å². The first kappa shape index (κ1) is 15.9. The smallest absolute Gasteiger partial charge is 0.404 e. The average Bonchev–Trinajstić information content (AvgIpc) is 2.48. The summed E-state index contributed by atoms with van der Waals surface area (Å²) in [6.07, 6.45) is 2.52. The number of nitrogens with two attached hydrogens (primary N) is 1. The summed E-state index contributed by atoms with van der Waals surface area (Å²) in [5.74, 6) is -0.179. The van der Waals surface area contributed by atoms with Crippen LogP contribution in [0.4, 0.5) is 16.2 Å². The summed E-state index contributed by atoms with van der Waals surface area (Å²) in [4.78, 5) is 22.3. The standard InChI is InChI=1S/C15H22N4O3/c1-17-14(20)9-5-6-13(12(16)7-9)18-10-3-2-4-11(8-10)19-15(21)22/h5-7,10-11,18-19H,2-4,8,16H2,1H3,(H,17,20)(H,21,22)/t10-,11+/m1/s1. The fourth-order valence-corrected chi connectivity index (χ4v) is 2.83. The summed E-state index contributed by atoms with van der Waals surface area (Å²) >= 11 is 0. The maximum Gasteiger partial charge on any atom is 0.404 e. The van der Waals surface area contributed by atoms with Gasteiger partial charge in [-0.05, 0) is 43.9 Å². The van der Waals surface area contributed by atoms with Crippen molar-refractivity contribution >= 4 is 23.4 Å². The zero-order chi connectivity index (χ0) is 16.1. The second-order valence-corrected chi connectivity index (χ2v) is 5.54. The Balaban J connectivity index is 2.01. The summed E-state index contributed by atoms with van der Waals surface area (Å²) in [5.41, 5.74) is 7.79. The van der Waals surface area contributed by atoms with Crippen molar-refractivity contribution in [3.8, 4) is 0 Å². The molecule has 1 fully saturated rings. The van der Waals surface area contributed by atoms with Crippen molar-refractivity contribution in [2.24, 2.45) is 0 Å². The van der Waals surface area contributed by atoms with Gasteiger partial charge in [0.2, 0.25) is 0 Å². The van der Waals surface area contributed by atoms with E-state index in [1.165, 1.54) is 0 Å². The van der Waals surface area contributed by atoms with E-state index >= 15 is 0 Å². The van der Waals surface area contributed by atoms with Crippen molar-refractivity contribution < 1.29 is 14.7 Å². The number of benzene rings is 1. The summed E-state index contributed by atoms with van der Waals surface area (Å²) in [6.45, 7) is 0. The van der Waals surface area contributed by atoms with E-state index in [-0.39, 0.29) is 18.0 Å². The molecule has 22 heavy (non-hydrogen) atoms. The zero-order valence-electron chi connectivity index (χ0n) is 12.6. The highest BCUT2D eigenvalue weighted by atomic mass is 16.4. The van der Waals surface area contributed by atoms with Gasteiger partial charge < -0.3 is 26.8 Å². The minimum Gasteiger partial charge on any atom is -0.465 e. The quantitative estimate of drug-likeness (QED) is 0.542. The van der Waals surface area contributed by atoms with Gasteiger partial charge in [-0.3, -0.25) is 4.79 Å². The second kappa shape index (κ2) is 7.02. The van der Waals surface area contributed by atoms with Gasteiger partial charge in [0.25, 0.3) is 5.91 Å². The highest BCUT2D eigenvalue weighted by molar-refractivity contribution is 5.95. The maximum atomic E-state index is 11.6. The van der Waals surface area contributed by atoms with Gasteiger partial charge in [-0.2, -0.15) is 0 Å². The molecule has 0 unspecified atom stereocenters. The Kier molecular flexibility index (Phi) is 5.08. The maximum absolute atomic E-state index is 11.6. The molecule has 0 saturated heterocycles. The zero-order valence-corrected chi connectivity index (χ0v) is 12.6. The molecule has 1 saturated carbocycles. The van der Waals surface area contributed by atoms with E-state index in [9.17, 15) is 9.59 Å². The first-order valence-corrected chi connectivity index (χ1v) is 7.37. The van der Waals surface area contributed by atoms with E-state index in [2.05, 4.69) is 16.0 Å². The number of carboxylic acid groups (broad SMARTS) is 1. The second-order valence-electron chi connectivity index (χ2n) is 5.54. The molecule has 120 valence electrons. The Morgan fingerprint density at radius 1 is 1.27 bits per heavy atom. The van der Waals surface area contributed by atoms with E-state index in [0.29, 0.717) is 11.3 Å². The third kappa shape index (κ3) is 4.03. The van der Waals surface area contributed by atoms with Crippen molar-refractivity contribution in [1.82, 2.24) is 10.6 Å². The first-order valence-electron chi connectivity index (χ1n) is 7.37. The third-order valence-electron chi connectivity index (χ3n) is 3.90.